The van der Waals surface area contributed by atoms with E-state index in [0.717, 1.165) is 24.9 Å². The highest BCUT2D eigenvalue weighted by Gasteiger charge is 2.44. The summed E-state index contributed by atoms with van der Waals surface area (Å²) in [5.74, 6) is 0.558. The predicted molar refractivity (Wildman–Crippen MR) is 111 cm³/mol. The molecule has 2 heterocycles. The number of ether oxygens (including phenoxy) is 1. The highest BCUT2D eigenvalue weighted by molar-refractivity contribution is 7.89. The van der Waals surface area contributed by atoms with E-state index >= 15 is 0 Å². The lowest BCUT2D eigenvalue weighted by molar-refractivity contribution is -0.0624. The van der Waals surface area contributed by atoms with E-state index in [4.69, 9.17) is 10.1 Å². The third-order valence-corrected chi connectivity index (χ3v) is 7.58. The number of piperidine rings is 1. The number of fused-ring (bicyclic) bond motifs is 1. The molecule has 0 aromatic heterocycles. The lowest BCUT2D eigenvalue weighted by atomic mass is 9.86. The molecule has 0 spiro atoms. The number of hydrogen-bond acceptors (Lipinski definition) is 4. The summed E-state index contributed by atoms with van der Waals surface area (Å²) in [5.41, 5.74) is 0.478. The van der Waals surface area contributed by atoms with Crippen molar-refractivity contribution in [2.75, 3.05) is 13.1 Å². The summed E-state index contributed by atoms with van der Waals surface area (Å²) in [5, 5.41) is 15.7. The van der Waals surface area contributed by atoms with Crippen molar-refractivity contribution in [2.45, 2.75) is 55.8 Å². The maximum Gasteiger partial charge on any atom is 0.243 e. The van der Waals surface area contributed by atoms with Crippen LogP contribution in [0.2, 0.25) is 0 Å². The van der Waals surface area contributed by atoms with Crippen molar-refractivity contribution in [1.29, 1.82) is 0 Å². The molecule has 0 amide bonds. The molecule has 4 rings (SSSR count). The molecule has 155 valence electrons. The third-order valence-electron chi connectivity index (χ3n) is 5.68. The van der Waals surface area contributed by atoms with Gasteiger partial charge in [0.2, 0.25) is 10.0 Å². The van der Waals surface area contributed by atoms with Gasteiger partial charge >= 0.3 is 0 Å². The minimum Gasteiger partial charge on any atom is -0.485 e. The van der Waals surface area contributed by atoms with Gasteiger partial charge in [0.25, 0.3) is 0 Å². The molecule has 2 unspecified atom stereocenters. The smallest absolute Gasteiger partial charge is 0.243 e. The van der Waals surface area contributed by atoms with Gasteiger partial charge in [-0.1, -0.05) is 24.6 Å². The van der Waals surface area contributed by atoms with Gasteiger partial charge in [-0.15, -0.1) is 0 Å². The van der Waals surface area contributed by atoms with Gasteiger partial charge in [0.05, 0.1) is 10.6 Å². The second kappa shape index (κ2) is 7.63. The molecule has 2 atom stereocenters. The number of sulfonamides is 1. The largest absolute Gasteiger partial charge is 0.485 e. The zero-order chi connectivity index (χ0) is 20.6. The van der Waals surface area contributed by atoms with E-state index in [1.54, 1.807) is 22.5 Å². The Balaban J connectivity index is 1.74. The average Bonchev–Trinajstić information content (AvgIpc) is 2.72. The van der Waals surface area contributed by atoms with Crippen LogP contribution >= 0.6 is 0 Å². The molecular formula is C22H27N2O4S. The number of para-hydroxylation sites is 1. The second-order valence-electron chi connectivity index (χ2n) is 8.22. The van der Waals surface area contributed by atoms with Crippen LogP contribution in [0, 0.1) is 0 Å². The molecule has 0 aliphatic carbocycles. The van der Waals surface area contributed by atoms with Crippen LogP contribution < -0.4 is 10.1 Å². The zero-order valence-corrected chi connectivity index (χ0v) is 17.6. The van der Waals surface area contributed by atoms with Gasteiger partial charge in [-0.25, -0.2) is 8.42 Å². The van der Waals surface area contributed by atoms with E-state index in [-0.39, 0.29) is 4.90 Å². The molecule has 2 aliphatic rings. The quantitative estimate of drug-likeness (QED) is 0.830. The van der Waals surface area contributed by atoms with E-state index in [1.807, 2.05) is 44.2 Å². The Bertz CT molecular complexity index is 970. The molecule has 0 saturated carbocycles. The van der Waals surface area contributed by atoms with Gasteiger partial charge in [0.1, 0.15) is 23.5 Å². The Morgan fingerprint density at radius 3 is 2.45 bits per heavy atom. The molecule has 2 aliphatic heterocycles. The molecule has 7 heteroatoms. The Kier molecular flexibility index (Phi) is 5.31. The van der Waals surface area contributed by atoms with Crippen molar-refractivity contribution in [3.63, 3.8) is 0 Å². The molecule has 1 N–H and O–H groups in total. The molecule has 0 bridgehead atoms. The Hall–Kier alpha value is -2.09. The fourth-order valence-corrected chi connectivity index (χ4v) is 5.53. The molecule has 2 aromatic carbocycles. The minimum atomic E-state index is -3.58. The van der Waals surface area contributed by atoms with Gasteiger partial charge in [0.15, 0.2) is 0 Å². The maximum absolute atomic E-state index is 13.1. The van der Waals surface area contributed by atoms with Crippen molar-refractivity contribution in [2.24, 2.45) is 0 Å². The number of aliphatic hydroxyl groups excluding tert-OH is 1. The summed E-state index contributed by atoms with van der Waals surface area (Å²) in [6.07, 6.45) is 1.91. The maximum atomic E-state index is 13.1. The average molecular weight is 416 g/mol. The lowest BCUT2D eigenvalue weighted by Crippen LogP contribution is -2.50. The molecule has 1 radical (unpaired) electrons. The first kappa shape index (κ1) is 20.2. The molecule has 6 nitrogen and oxygen atoms in total. The first-order valence-corrected chi connectivity index (χ1v) is 11.5. The number of benzene rings is 2. The van der Waals surface area contributed by atoms with Gasteiger partial charge in [-0.2, -0.15) is 4.31 Å². The zero-order valence-electron chi connectivity index (χ0n) is 16.8. The first-order valence-electron chi connectivity index (χ1n) is 10.1. The second-order valence-corrected chi connectivity index (χ2v) is 10.2. The first-order chi connectivity index (χ1) is 13.8. The molecule has 1 saturated heterocycles. The van der Waals surface area contributed by atoms with E-state index in [2.05, 4.69) is 0 Å². The summed E-state index contributed by atoms with van der Waals surface area (Å²) in [7, 11) is -3.58. The summed E-state index contributed by atoms with van der Waals surface area (Å²) in [6.45, 7) is 4.71. The topological polar surface area (TPSA) is 80.9 Å². The number of hydrogen-bond donors (Lipinski definition) is 1. The Labute approximate surface area is 172 Å². The van der Waals surface area contributed by atoms with Crippen molar-refractivity contribution in [3.8, 4) is 5.75 Å². The number of nitrogens with zero attached hydrogens (tertiary/aromatic N) is 2. The monoisotopic (exact) mass is 415 g/mol. The van der Waals surface area contributed by atoms with E-state index in [0.29, 0.717) is 24.4 Å². The SMILES string of the molecule is CC1(C)Oc2ccc(S(=O)(=O)N3CCCCC3)cc2C([N]c2ccccc2)C1O. The van der Waals surface area contributed by atoms with Crippen LogP contribution in [0.25, 0.3) is 0 Å². The molecule has 29 heavy (non-hydrogen) atoms. The van der Waals surface area contributed by atoms with E-state index in [1.165, 1.54) is 0 Å². The fraction of sp³-hybridized carbons (Fsp3) is 0.455. The van der Waals surface area contributed by atoms with Crippen molar-refractivity contribution >= 4 is 15.7 Å². The van der Waals surface area contributed by atoms with Crippen LogP contribution in [0.15, 0.2) is 53.4 Å². The number of aliphatic hydroxyl groups is 1. The fourth-order valence-electron chi connectivity index (χ4n) is 3.97. The summed E-state index contributed by atoms with van der Waals surface area (Å²) in [4.78, 5) is 0.224. The van der Waals surface area contributed by atoms with Gasteiger partial charge in [-0.05, 0) is 57.0 Å². The van der Waals surface area contributed by atoms with Crippen molar-refractivity contribution in [3.05, 3.63) is 54.1 Å². The van der Waals surface area contributed by atoms with Crippen molar-refractivity contribution < 1.29 is 18.3 Å². The molecule has 2 aromatic rings. The number of rotatable bonds is 4. The summed E-state index contributed by atoms with van der Waals surface area (Å²) < 4.78 is 33.8. The van der Waals surface area contributed by atoms with Crippen LogP contribution in [0.3, 0.4) is 0 Å². The molecule has 1 fully saturated rings. The Morgan fingerprint density at radius 2 is 1.76 bits per heavy atom. The van der Waals surface area contributed by atoms with Gasteiger partial charge in [0, 0.05) is 18.7 Å². The van der Waals surface area contributed by atoms with Crippen LogP contribution in [-0.2, 0) is 10.0 Å². The molecular weight excluding hydrogens is 388 g/mol. The highest BCUT2D eigenvalue weighted by atomic mass is 32.2. The minimum absolute atomic E-state index is 0.224. The summed E-state index contributed by atoms with van der Waals surface area (Å²) >= 11 is 0. The standard InChI is InChI=1S/C22H27N2O4S/c1-22(2)21(25)20(23-16-9-5-3-6-10-16)18-15-17(11-12-19(18)28-22)29(26,27)24-13-7-4-8-14-24/h3,5-6,9-12,15,20-21,25H,4,7-8,13-14H2,1-2H3. The lowest BCUT2D eigenvalue weighted by Gasteiger charge is -2.42. The summed E-state index contributed by atoms with van der Waals surface area (Å²) in [6, 6.07) is 13.7. The van der Waals surface area contributed by atoms with Gasteiger partial charge in [-0.3, -0.25) is 5.32 Å². The van der Waals surface area contributed by atoms with Crippen LogP contribution in [0.4, 0.5) is 5.69 Å². The Morgan fingerprint density at radius 1 is 1.07 bits per heavy atom. The van der Waals surface area contributed by atoms with E-state index in [9.17, 15) is 13.5 Å². The predicted octanol–water partition coefficient (Wildman–Crippen LogP) is 3.37. The highest BCUT2D eigenvalue weighted by Crippen LogP contribution is 2.42. The normalized spacial score (nSPS) is 24.4. The van der Waals surface area contributed by atoms with Gasteiger partial charge < -0.3 is 9.84 Å². The van der Waals surface area contributed by atoms with Crippen LogP contribution in [-0.4, -0.2) is 42.6 Å². The third kappa shape index (κ3) is 3.86. The van der Waals surface area contributed by atoms with Crippen LogP contribution in [0.1, 0.15) is 44.7 Å². The van der Waals surface area contributed by atoms with Crippen molar-refractivity contribution in [1.82, 2.24) is 9.62 Å². The van der Waals surface area contributed by atoms with Crippen LogP contribution in [0.5, 0.6) is 5.75 Å². The van der Waals surface area contributed by atoms with E-state index < -0.39 is 27.8 Å².